The lowest BCUT2D eigenvalue weighted by atomic mass is 10.2. The van der Waals surface area contributed by atoms with Gasteiger partial charge >= 0.3 is 0 Å². The molecule has 0 spiro atoms. The Morgan fingerprint density at radius 3 is 2.25 bits per heavy atom. The van der Waals surface area contributed by atoms with Crippen molar-refractivity contribution in [2.45, 2.75) is 6.54 Å². The van der Waals surface area contributed by atoms with Gasteiger partial charge in [-0.15, -0.1) is 0 Å². The number of hydrogen-bond donors (Lipinski definition) is 1. The Hall–Kier alpha value is -3.82. The van der Waals surface area contributed by atoms with Crippen molar-refractivity contribution in [1.82, 2.24) is 9.78 Å². The Labute approximate surface area is 181 Å². The maximum Gasteiger partial charge on any atom is 0.267 e. The van der Waals surface area contributed by atoms with Crippen molar-refractivity contribution in [3.63, 3.8) is 0 Å². The second kappa shape index (κ2) is 9.13. The molecule has 3 aromatic rings. The third kappa shape index (κ3) is 4.90. The van der Waals surface area contributed by atoms with E-state index in [9.17, 15) is 22.8 Å². The van der Waals surface area contributed by atoms with Crippen molar-refractivity contribution < 1.29 is 18.0 Å². The molecule has 4 rings (SSSR count). The quantitative estimate of drug-likeness (QED) is 0.657. The van der Waals surface area contributed by atoms with Gasteiger partial charge in [0, 0.05) is 49.7 Å². The predicted octanol–water partition coefficient (Wildman–Crippen LogP) is 2.63. The molecule has 1 saturated heterocycles. The average molecular weight is 443 g/mol. The van der Waals surface area contributed by atoms with E-state index in [1.807, 2.05) is 4.90 Å². The molecule has 0 saturated carbocycles. The number of anilines is 3. The molecule has 166 valence electrons. The van der Waals surface area contributed by atoms with E-state index in [4.69, 9.17) is 0 Å². The van der Waals surface area contributed by atoms with E-state index in [1.54, 1.807) is 18.2 Å². The van der Waals surface area contributed by atoms with Gasteiger partial charge in [-0.1, -0.05) is 0 Å². The van der Waals surface area contributed by atoms with Gasteiger partial charge in [0.15, 0.2) is 11.6 Å². The summed E-state index contributed by atoms with van der Waals surface area (Å²) in [5, 5.41) is 6.71. The van der Waals surface area contributed by atoms with Gasteiger partial charge in [0.1, 0.15) is 18.2 Å². The molecule has 0 radical (unpaired) electrons. The lowest BCUT2D eigenvalue weighted by molar-refractivity contribution is -0.117. The number of nitrogens with zero attached hydrogens (tertiary/aromatic N) is 4. The number of aromatic nitrogens is 2. The van der Waals surface area contributed by atoms with Gasteiger partial charge in [-0.2, -0.15) is 5.10 Å². The standard InChI is InChI=1S/C22H20F3N5O2/c23-15-1-4-17(5-2-15)28-9-11-29(12-10-28)20-7-8-22(32)30(27-20)14-21(31)26-16-3-6-18(24)19(25)13-16/h1-8,13H,9-12,14H2,(H,26,31). The van der Waals surface area contributed by atoms with Gasteiger partial charge in [0.25, 0.3) is 5.56 Å². The fraction of sp³-hybridized carbons (Fsp3) is 0.227. The molecular formula is C22H20F3N5O2. The Bertz CT molecular complexity index is 1170. The van der Waals surface area contributed by atoms with Crippen LogP contribution in [0.2, 0.25) is 0 Å². The van der Waals surface area contributed by atoms with Crippen molar-refractivity contribution in [1.29, 1.82) is 0 Å². The van der Waals surface area contributed by atoms with E-state index < -0.39 is 23.1 Å². The zero-order valence-corrected chi connectivity index (χ0v) is 17.0. The molecule has 32 heavy (non-hydrogen) atoms. The largest absolute Gasteiger partial charge is 0.368 e. The zero-order valence-electron chi connectivity index (χ0n) is 17.0. The molecule has 0 aliphatic carbocycles. The molecule has 0 unspecified atom stereocenters. The van der Waals surface area contributed by atoms with E-state index in [2.05, 4.69) is 15.3 Å². The minimum Gasteiger partial charge on any atom is -0.368 e. The number of rotatable bonds is 5. The molecule has 1 N–H and O–H groups in total. The third-order valence-electron chi connectivity index (χ3n) is 5.14. The van der Waals surface area contributed by atoms with Gasteiger partial charge in [0.05, 0.1) is 0 Å². The lowest BCUT2D eigenvalue weighted by Crippen LogP contribution is -2.47. The fourth-order valence-corrected chi connectivity index (χ4v) is 3.48. The number of carbonyl (C=O) groups is 1. The summed E-state index contributed by atoms with van der Waals surface area (Å²) < 4.78 is 40.5. The smallest absolute Gasteiger partial charge is 0.267 e. The topological polar surface area (TPSA) is 70.5 Å². The number of carbonyl (C=O) groups excluding carboxylic acids is 1. The van der Waals surface area contributed by atoms with Crippen LogP contribution in [-0.2, 0) is 11.3 Å². The van der Waals surface area contributed by atoms with Crippen LogP contribution in [0.25, 0.3) is 0 Å². The highest BCUT2D eigenvalue weighted by atomic mass is 19.2. The summed E-state index contributed by atoms with van der Waals surface area (Å²) >= 11 is 0. The molecule has 2 heterocycles. The first kappa shape index (κ1) is 21.4. The molecule has 2 aromatic carbocycles. The lowest BCUT2D eigenvalue weighted by Gasteiger charge is -2.36. The molecular weight excluding hydrogens is 423 g/mol. The van der Waals surface area contributed by atoms with Crippen LogP contribution < -0.4 is 20.7 Å². The summed E-state index contributed by atoms with van der Waals surface area (Å²) in [5.41, 5.74) is 0.548. The molecule has 0 bridgehead atoms. The number of piperazine rings is 1. The third-order valence-corrected chi connectivity index (χ3v) is 5.14. The van der Waals surface area contributed by atoms with Crippen molar-refractivity contribution in [3.8, 4) is 0 Å². The summed E-state index contributed by atoms with van der Waals surface area (Å²) in [4.78, 5) is 28.5. The Morgan fingerprint density at radius 2 is 1.56 bits per heavy atom. The van der Waals surface area contributed by atoms with Crippen LogP contribution in [-0.4, -0.2) is 41.9 Å². The summed E-state index contributed by atoms with van der Waals surface area (Å²) in [6.07, 6.45) is 0. The normalized spacial score (nSPS) is 13.8. The van der Waals surface area contributed by atoms with Gasteiger partial charge in [-0.25, -0.2) is 17.9 Å². The Balaban J connectivity index is 1.40. The number of nitrogens with one attached hydrogen (secondary N) is 1. The van der Waals surface area contributed by atoms with Crippen LogP contribution in [0.1, 0.15) is 0 Å². The van der Waals surface area contributed by atoms with Crippen LogP contribution in [0.5, 0.6) is 0 Å². The molecule has 1 aliphatic rings. The Morgan fingerprint density at radius 1 is 0.875 bits per heavy atom. The van der Waals surface area contributed by atoms with Crippen LogP contribution in [0.15, 0.2) is 59.4 Å². The Kier molecular flexibility index (Phi) is 6.11. The first-order valence-corrected chi connectivity index (χ1v) is 9.97. The molecule has 7 nitrogen and oxygen atoms in total. The van der Waals surface area contributed by atoms with Gasteiger partial charge < -0.3 is 15.1 Å². The highest BCUT2D eigenvalue weighted by molar-refractivity contribution is 5.90. The van der Waals surface area contributed by atoms with Crippen LogP contribution >= 0.6 is 0 Å². The maximum absolute atomic E-state index is 13.3. The summed E-state index contributed by atoms with van der Waals surface area (Å²) in [5.74, 6) is -2.44. The molecule has 1 aromatic heterocycles. The van der Waals surface area contributed by atoms with E-state index in [-0.39, 0.29) is 18.0 Å². The van der Waals surface area contributed by atoms with Crippen LogP contribution in [0, 0.1) is 17.5 Å². The van der Waals surface area contributed by atoms with Crippen molar-refractivity contribution in [3.05, 3.63) is 82.4 Å². The van der Waals surface area contributed by atoms with Gasteiger partial charge in [0.2, 0.25) is 5.91 Å². The number of hydrogen-bond acceptors (Lipinski definition) is 5. The minimum atomic E-state index is -1.08. The summed E-state index contributed by atoms with van der Waals surface area (Å²) in [7, 11) is 0. The number of benzene rings is 2. The molecule has 0 atom stereocenters. The molecule has 1 amide bonds. The monoisotopic (exact) mass is 443 g/mol. The van der Waals surface area contributed by atoms with Gasteiger partial charge in [-0.3, -0.25) is 9.59 Å². The fourth-order valence-electron chi connectivity index (χ4n) is 3.48. The van der Waals surface area contributed by atoms with Crippen molar-refractivity contribution >= 4 is 23.1 Å². The van der Waals surface area contributed by atoms with E-state index in [0.29, 0.717) is 32.0 Å². The van der Waals surface area contributed by atoms with Crippen molar-refractivity contribution in [2.75, 3.05) is 41.3 Å². The second-order valence-electron chi connectivity index (χ2n) is 7.31. The second-order valence-corrected chi connectivity index (χ2v) is 7.31. The molecule has 1 fully saturated rings. The first-order valence-electron chi connectivity index (χ1n) is 9.97. The van der Waals surface area contributed by atoms with E-state index >= 15 is 0 Å². The van der Waals surface area contributed by atoms with Crippen LogP contribution in [0.3, 0.4) is 0 Å². The zero-order chi connectivity index (χ0) is 22.7. The SMILES string of the molecule is O=C(Cn1nc(N2CCN(c3ccc(F)cc3)CC2)ccc1=O)Nc1ccc(F)c(F)c1. The maximum atomic E-state index is 13.3. The highest BCUT2D eigenvalue weighted by Crippen LogP contribution is 2.19. The van der Waals surface area contributed by atoms with E-state index in [1.165, 1.54) is 24.3 Å². The molecule has 10 heteroatoms. The summed E-state index contributed by atoms with van der Waals surface area (Å²) in [6.45, 7) is 2.25. The highest BCUT2D eigenvalue weighted by Gasteiger charge is 2.19. The number of halogens is 3. The van der Waals surface area contributed by atoms with Crippen molar-refractivity contribution in [2.24, 2.45) is 0 Å². The predicted molar refractivity (Wildman–Crippen MR) is 114 cm³/mol. The average Bonchev–Trinajstić information content (AvgIpc) is 2.78. The number of amides is 1. The van der Waals surface area contributed by atoms with E-state index in [0.717, 1.165) is 22.5 Å². The minimum absolute atomic E-state index is 0.0787. The van der Waals surface area contributed by atoms with Gasteiger partial charge in [-0.05, 0) is 42.5 Å². The molecule has 1 aliphatic heterocycles. The first-order chi connectivity index (χ1) is 15.4. The summed E-state index contributed by atoms with van der Waals surface area (Å²) in [6, 6.07) is 12.2. The van der Waals surface area contributed by atoms with Crippen LogP contribution in [0.4, 0.5) is 30.4 Å².